The fraction of sp³-hybridized carbons (Fsp3) is 0.533. The molecule has 0 saturated carbocycles. The molecular formula is C15H17ClFN3O3. The molecule has 2 aliphatic rings. The zero-order valence-corrected chi connectivity index (χ0v) is 13.4. The molecule has 0 radical (unpaired) electrons. The van der Waals surface area contributed by atoms with Gasteiger partial charge in [-0.3, -0.25) is 9.59 Å². The molecule has 2 fully saturated rings. The normalized spacial score (nSPS) is 23.6. The number of carboxylic acid groups (broad SMARTS) is 1. The van der Waals surface area contributed by atoms with E-state index < -0.39 is 23.2 Å². The lowest BCUT2D eigenvalue weighted by Crippen LogP contribution is -2.56. The monoisotopic (exact) mass is 341 g/mol. The number of rotatable bonds is 2. The van der Waals surface area contributed by atoms with Gasteiger partial charge in [-0.25, -0.2) is 9.37 Å². The van der Waals surface area contributed by atoms with Gasteiger partial charge in [0.1, 0.15) is 0 Å². The van der Waals surface area contributed by atoms with Crippen LogP contribution in [0.25, 0.3) is 0 Å². The number of aromatic nitrogens is 1. The topological polar surface area (TPSA) is 73.7 Å². The van der Waals surface area contributed by atoms with E-state index in [2.05, 4.69) is 4.98 Å². The zero-order chi connectivity index (χ0) is 16.8. The lowest BCUT2D eigenvalue weighted by Gasteiger charge is -2.45. The number of anilines is 1. The summed E-state index contributed by atoms with van der Waals surface area (Å²) in [5.74, 6) is -2.11. The summed E-state index contributed by atoms with van der Waals surface area (Å²) in [6, 6.07) is 1.21. The number of likely N-dealkylation sites (tertiary alicyclic amines) is 1. The van der Waals surface area contributed by atoms with Crippen molar-refractivity contribution < 1.29 is 19.1 Å². The fourth-order valence-corrected chi connectivity index (χ4v) is 3.88. The minimum absolute atomic E-state index is 0.0272. The molecule has 8 heteroatoms. The van der Waals surface area contributed by atoms with Crippen LogP contribution in [0.2, 0.25) is 5.02 Å². The van der Waals surface area contributed by atoms with Crippen LogP contribution < -0.4 is 4.90 Å². The van der Waals surface area contributed by atoms with Crippen molar-refractivity contribution in [3.63, 3.8) is 0 Å². The van der Waals surface area contributed by atoms with Gasteiger partial charge in [0.25, 0.3) is 0 Å². The van der Waals surface area contributed by atoms with Gasteiger partial charge in [0.2, 0.25) is 5.91 Å². The van der Waals surface area contributed by atoms with Crippen LogP contribution in [0, 0.1) is 11.7 Å². The molecule has 124 valence electrons. The Labute approximate surface area is 137 Å². The Hall–Kier alpha value is -1.89. The maximum Gasteiger partial charge on any atom is 0.309 e. The van der Waals surface area contributed by atoms with Crippen molar-refractivity contribution in [3.05, 3.63) is 23.1 Å². The number of hydrogen-bond donors (Lipinski definition) is 1. The van der Waals surface area contributed by atoms with Gasteiger partial charge in [-0.1, -0.05) is 11.6 Å². The lowest BCUT2D eigenvalue weighted by molar-refractivity contribution is -0.145. The molecule has 6 nitrogen and oxygen atoms in total. The molecule has 0 unspecified atom stereocenters. The number of pyridine rings is 1. The second-order valence-corrected chi connectivity index (χ2v) is 6.53. The number of nitrogens with zero attached hydrogens (tertiary/aromatic N) is 3. The summed E-state index contributed by atoms with van der Waals surface area (Å²) in [4.78, 5) is 30.9. The van der Waals surface area contributed by atoms with Crippen LogP contribution in [-0.4, -0.2) is 52.5 Å². The van der Waals surface area contributed by atoms with E-state index in [-0.39, 0.29) is 23.2 Å². The first kappa shape index (κ1) is 16.0. The van der Waals surface area contributed by atoms with Crippen molar-refractivity contribution in [1.29, 1.82) is 0 Å². The lowest BCUT2D eigenvalue weighted by atomic mass is 9.77. The summed E-state index contributed by atoms with van der Waals surface area (Å²) in [6.07, 6.45) is 2.35. The van der Waals surface area contributed by atoms with Gasteiger partial charge in [0, 0.05) is 32.8 Å². The Morgan fingerprint density at radius 3 is 2.70 bits per heavy atom. The smallest absolute Gasteiger partial charge is 0.309 e. The van der Waals surface area contributed by atoms with Crippen molar-refractivity contribution in [1.82, 2.24) is 9.88 Å². The highest BCUT2D eigenvalue weighted by Gasteiger charge is 2.55. The Kier molecular flexibility index (Phi) is 3.91. The summed E-state index contributed by atoms with van der Waals surface area (Å²) in [5.41, 5.74) is -0.692. The van der Waals surface area contributed by atoms with E-state index in [1.165, 1.54) is 12.3 Å². The predicted molar refractivity (Wildman–Crippen MR) is 81.9 cm³/mol. The number of aliphatic carboxylic acids is 1. The number of carbonyl (C=O) groups is 2. The second kappa shape index (κ2) is 5.63. The minimum atomic E-state index is -0.952. The quantitative estimate of drug-likeness (QED) is 0.887. The summed E-state index contributed by atoms with van der Waals surface area (Å²) in [6.45, 7) is 0.875. The summed E-state index contributed by atoms with van der Waals surface area (Å²) in [5, 5.41) is 9.67. The Morgan fingerprint density at radius 1 is 1.48 bits per heavy atom. The molecule has 23 heavy (non-hydrogen) atoms. The number of piperidine rings is 1. The first-order chi connectivity index (χ1) is 10.8. The molecule has 1 aromatic heterocycles. The zero-order valence-electron chi connectivity index (χ0n) is 12.6. The number of carboxylic acids is 1. The predicted octanol–water partition coefficient (Wildman–Crippen LogP) is 1.78. The van der Waals surface area contributed by atoms with E-state index in [0.29, 0.717) is 25.9 Å². The average Bonchev–Trinajstić information content (AvgIpc) is 2.74. The maximum absolute atomic E-state index is 14.0. The SMILES string of the molecule is CN1C(=O)C[C@H](C(=O)O)C12CCN(c1ncc(Cl)cc1F)CC2. The third-order valence-electron chi connectivity index (χ3n) is 5.08. The summed E-state index contributed by atoms with van der Waals surface area (Å²) < 4.78 is 14.0. The molecule has 2 aliphatic heterocycles. The molecule has 1 spiro atoms. The van der Waals surface area contributed by atoms with Crippen molar-refractivity contribution in [2.45, 2.75) is 24.8 Å². The van der Waals surface area contributed by atoms with E-state index in [1.807, 2.05) is 0 Å². The van der Waals surface area contributed by atoms with Crippen LogP contribution in [0.3, 0.4) is 0 Å². The third kappa shape index (κ3) is 2.52. The van der Waals surface area contributed by atoms with Crippen molar-refractivity contribution in [2.75, 3.05) is 25.0 Å². The van der Waals surface area contributed by atoms with E-state index in [1.54, 1.807) is 16.8 Å². The van der Waals surface area contributed by atoms with Crippen LogP contribution >= 0.6 is 11.6 Å². The number of hydrogen-bond acceptors (Lipinski definition) is 4. The van der Waals surface area contributed by atoms with Crippen LogP contribution in [0.4, 0.5) is 10.2 Å². The number of carbonyl (C=O) groups excluding carboxylic acids is 1. The standard InChI is InChI=1S/C15H17ClFN3O3/c1-19-12(21)7-10(14(22)23)15(19)2-4-20(5-3-15)13-11(17)6-9(16)8-18-13/h6,8,10H,2-5,7H2,1H3,(H,22,23)/t10-/m1/s1. The average molecular weight is 342 g/mol. The summed E-state index contributed by atoms with van der Waals surface area (Å²) >= 11 is 5.71. The Bertz CT molecular complexity index is 661. The first-order valence-electron chi connectivity index (χ1n) is 7.40. The second-order valence-electron chi connectivity index (χ2n) is 6.10. The molecule has 1 amide bonds. The van der Waals surface area contributed by atoms with Crippen LogP contribution in [0.15, 0.2) is 12.3 Å². The van der Waals surface area contributed by atoms with Gasteiger partial charge in [0.05, 0.1) is 16.5 Å². The first-order valence-corrected chi connectivity index (χ1v) is 7.78. The highest BCUT2D eigenvalue weighted by Crippen LogP contribution is 2.43. The van der Waals surface area contributed by atoms with Gasteiger partial charge in [-0.2, -0.15) is 0 Å². The number of halogens is 2. The molecule has 0 aromatic carbocycles. The van der Waals surface area contributed by atoms with Gasteiger partial charge < -0.3 is 14.9 Å². The van der Waals surface area contributed by atoms with E-state index in [4.69, 9.17) is 11.6 Å². The van der Waals surface area contributed by atoms with Gasteiger partial charge in [-0.05, 0) is 18.9 Å². The largest absolute Gasteiger partial charge is 0.481 e. The minimum Gasteiger partial charge on any atom is -0.481 e. The fourth-order valence-electron chi connectivity index (χ4n) is 3.73. The Morgan fingerprint density at radius 2 is 2.13 bits per heavy atom. The van der Waals surface area contributed by atoms with Crippen molar-refractivity contribution in [3.8, 4) is 0 Å². The molecular weight excluding hydrogens is 325 g/mol. The third-order valence-corrected chi connectivity index (χ3v) is 5.29. The van der Waals surface area contributed by atoms with Gasteiger partial charge in [-0.15, -0.1) is 0 Å². The maximum atomic E-state index is 14.0. The molecule has 1 N–H and O–H groups in total. The van der Waals surface area contributed by atoms with Gasteiger partial charge in [0.15, 0.2) is 11.6 Å². The summed E-state index contributed by atoms with van der Waals surface area (Å²) in [7, 11) is 1.65. The Balaban J connectivity index is 1.82. The molecule has 1 aromatic rings. The van der Waals surface area contributed by atoms with Crippen molar-refractivity contribution >= 4 is 29.3 Å². The molecule has 1 atom stereocenters. The molecule has 3 rings (SSSR count). The number of amides is 1. The molecule has 2 saturated heterocycles. The highest BCUT2D eigenvalue weighted by atomic mass is 35.5. The van der Waals surface area contributed by atoms with E-state index in [9.17, 15) is 19.1 Å². The molecule has 0 bridgehead atoms. The van der Waals surface area contributed by atoms with Crippen LogP contribution in [0.5, 0.6) is 0 Å². The molecule has 0 aliphatic carbocycles. The highest BCUT2D eigenvalue weighted by molar-refractivity contribution is 6.30. The van der Waals surface area contributed by atoms with E-state index in [0.717, 1.165) is 0 Å². The van der Waals surface area contributed by atoms with Crippen LogP contribution in [-0.2, 0) is 9.59 Å². The molecule has 3 heterocycles. The van der Waals surface area contributed by atoms with Crippen LogP contribution in [0.1, 0.15) is 19.3 Å². The van der Waals surface area contributed by atoms with E-state index >= 15 is 0 Å². The van der Waals surface area contributed by atoms with Gasteiger partial charge >= 0.3 is 5.97 Å². The van der Waals surface area contributed by atoms with Crippen molar-refractivity contribution in [2.24, 2.45) is 5.92 Å².